The van der Waals surface area contributed by atoms with Gasteiger partial charge in [-0.05, 0) is 25.1 Å². The monoisotopic (exact) mass is 213 g/mol. The zero-order valence-corrected chi connectivity index (χ0v) is 8.42. The summed E-state index contributed by atoms with van der Waals surface area (Å²) < 4.78 is 5.59. The van der Waals surface area contributed by atoms with Gasteiger partial charge in [0.2, 0.25) is 0 Å². The van der Waals surface area contributed by atoms with E-state index in [9.17, 15) is 5.11 Å². The fourth-order valence-corrected chi connectivity index (χ4v) is 1.66. The van der Waals surface area contributed by atoms with Gasteiger partial charge in [-0.1, -0.05) is 11.6 Å². The summed E-state index contributed by atoms with van der Waals surface area (Å²) in [6.45, 7) is 1.81. The molecule has 1 atom stereocenters. The number of phenols is 1. The van der Waals surface area contributed by atoms with Crippen LogP contribution in [0.1, 0.15) is 6.42 Å². The second-order valence-electron chi connectivity index (χ2n) is 3.34. The lowest BCUT2D eigenvalue weighted by Gasteiger charge is -2.13. The molecular weight excluding hydrogens is 202 g/mol. The SMILES string of the molecule is Oc1cc(Cl)ccc1OC1CCNC1. The Morgan fingerprint density at radius 3 is 3.00 bits per heavy atom. The van der Waals surface area contributed by atoms with Crippen molar-refractivity contribution in [3.63, 3.8) is 0 Å². The van der Waals surface area contributed by atoms with Crippen molar-refractivity contribution in [1.29, 1.82) is 0 Å². The third kappa shape index (κ3) is 2.11. The highest BCUT2D eigenvalue weighted by Crippen LogP contribution is 2.30. The highest BCUT2D eigenvalue weighted by Gasteiger charge is 2.17. The highest BCUT2D eigenvalue weighted by atomic mass is 35.5. The van der Waals surface area contributed by atoms with E-state index < -0.39 is 0 Å². The van der Waals surface area contributed by atoms with Gasteiger partial charge < -0.3 is 15.2 Å². The molecule has 2 N–H and O–H groups in total. The van der Waals surface area contributed by atoms with Gasteiger partial charge in [0, 0.05) is 17.6 Å². The van der Waals surface area contributed by atoms with Crippen molar-refractivity contribution in [2.75, 3.05) is 13.1 Å². The van der Waals surface area contributed by atoms with Gasteiger partial charge in [-0.25, -0.2) is 0 Å². The minimum absolute atomic E-state index is 0.101. The average Bonchev–Trinajstić information content (AvgIpc) is 2.62. The Bertz CT molecular complexity index is 324. The molecule has 1 fully saturated rings. The molecule has 0 aliphatic carbocycles. The van der Waals surface area contributed by atoms with Crippen LogP contribution < -0.4 is 10.1 Å². The standard InChI is InChI=1S/C10H12ClNO2/c11-7-1-2-10(9(13)5-7)14-8-3-4-12-6-8/h1-2,5,8,12-13H,3-4,6H2. The van der Waals surface area contributed by atoms with E-state index in [1.807, 2.05) is 0 Å². The zero-order chi connectivity index (χ0) is 9.97. The predicted molar refractivity (Wildman–Crippen MR) is 55.0 cm³/mol. The fourth-order valence-electron chi connectivity index (χ4n) is 1.50. The van der Waals surface area contributed by atoms with Crippen molar-refractivity contribution in [3.05, 3.63) is 23.2 Å². The molecule has 76 valence electrons. The maximum absolute atomic E-state index is 9.52. The van der Waals surface area contributed by atoms with E-state index in [0.717, 1.165) is 19.5 Å². The van der Waals surface area contributed by atoms with Crippen LogP contribution in [0.2, 0.25) is 5.02 Å². The zero-order valence-electron chi connectivity index (χ0n) is 7.66. The summed E-state index contributed by atoms with van der Waals surface area (Å²) in [6, 6.07) is 4.88. The quantitative estimate of drug-likeness (QED) is 0.787. The van der Waals surface area contributed by atoms with Gasteiger partial charge in [-0.3, -0.25) is 0 Å². The lowest BCUT2D eigenvalue weighted by molar-refractivity contribution is 0.214. The molecule has 1 aliphatic rings. The molecule has 4 heteroatoms. The first kappa shape index (κ1) is 9.62. The molecular formula is C10H12ClNO2. The van der Waals surface area contributed by atoms with Crippen LogP contribution in [0.3, 0.4) is 0 Å². The minimum Gasteiger partial charge on any atom is -0.504 e. The Kier molecular flexibility index (Phi) is 2.79. The van der Waals surface area contributed by atoms with E-state index in [-0.39, 0.29) is 11.9 Å². The summed E-state index contributed by atoms with van der Waals surface area (Å²) in [7, 11) is 0. The van der Waals surface area contributed by atoms with Gasteiger partial charge in [-0.2, -0.15) is 0 Å². The van der Waals surface area contributed by atoms with Crippen molar-refractivity contribution in [1.82, 2.24) is 5.32 Å². The average molecular weight is 214 g/mol. The first-order chi connectivity index (χ1) is 6.75. The van der Waals surface area contributed by atoms with Crippen LogP contribution in [-0.2, 0) is 0 Å². The maximum atomic E-state index is 9.52. The predicted octanol–water partition coefficient (Wildman–Crippen LogP) is 1.79. The summed E-state index contributed by atoms with van der Waals surface area (Å²) in [5, 5.41) is 13.2. The lowest BCUT2D eigenvalue weighted by atomic mass is 10.3. The van der Waals surface area contributed by atoms with Crippen LogP contribution in [-0.4, -0.2) is 24.3 Å². The van der Waals surface area contributed by atoms with Crippen molar-refractivity contribution in [2.24, 2.45) is 0 Å². The van der Waals surface area contributed by atoms with Crippen molar-refractivity contribution < 1.29 is 9.84 Å². The molecule has 0 radical (unpaired) electrons. The normalized spacial score (nSPS) is 21.1. The molecule has 1 aromatic rings. The number of nitrogens with one attached hydrogen (secondary N) is 1. The van der Waals surface area contributed by atoms with Gasteiger partial charge in [-0.15, -0.1) is 0 Å². The Morgan fingerprint density at radius 1 is 1.50 bits per heavy atom. The molecule has 1 saturated heterocycles. The summed E-state index contributed by atoms with van der Waals surface area (Å²) in [5.41, 5.74) is 0. The molecule has 0 amide bonds. The topological polar surface area (TPSA) is 41.5 Å². The number of hydrogen-bond donors (Lipinski definition) is 2. The maximum Gasteiger partial charge on any atom is 0.161 e. The molecule has 3 nitrogen and oxygen atoms in total. The van der Waals surface area contributed by atoms with E-state index in [4.69, 9.17) is 16.3 Å². The second kappa shape index (κ2) is 4.07. The van der Waals surface area contributed by atoms with Crippen molar-refractivity contribution in [2.45, 2.75) is 12.5 Å². The molecule has 0 bridgehead atoms. The molecule has 1 aliphatic heterocycles. The molecule has 1 heterocycles. The molecule has 0 spiro atoms. The number of hydrogen-bond acceptors (Lipinski definition) is 3. The number of rotatable bonds is 2. The number of halogens is 1. The molecule has 0 saturated carbocycles. The van der Waals surface area contributed by atoms with Crippen LogP contribution in [0.25, 0.3) is 0 Å². The van der Waals surface area contributed by atoms with Crippen LogP contribution in [0, 0.1) is 0 Å². The fraction of sp³-hybridized carbons (Fsp3) is 0.400. The van der Waals surface area contributed by atoms with Gasteiger partial charge in [0.15, 0.2) is 11.5 Å². The summed E-state index contributed by atoms with van der Waals surface area (Å²) >= 11 is 5.71. The van der Waals surface area contributed by atoms with E-state index in [2.05, 4.69) is 5.32 Å². The van der Waals surface area contributed by atoms with Gasteiger partial charge >= 0.3 is 0 Å². The Hall–Kier alpha value is -0.930. The minimum atomic E-state index is 0.101. The van der Waals surface area contributed by atoms with E-state index in [1.54, 1.807) is 12.1 Å². The lowest BCUT2D eigenvalue weighted by Crippen LogP contribution is -2.19. The number of benzene rings is 1. The van der Waals surface area contributed by atoms with Crippen molar-refractivity contribution in [3.8, 4) is 11.5 Å². The number of phenolic OH excluding ortho intramolecular Hbond substituents is 1. The van der Waals surface area contributed by atoms with Gasteiger partial charge in [0.1, 0.15) is 6.10 Å². The first-order valence-corrected chi connectivity index (χ1v) is 4.99. The number of aromatic hydroxyl groups is 1. The third-order valence-electron chi connectivity index (χ3n) is 2.23. The smallest absolute Gasteiger partial charge is 0.161 e. The molecule has 14 heavy (non-hydrogen) atoms. The molecule has 1 unspecified atom stereocenters. The highest BCUT2D eigenvalue weighted by molar-refractivity contribution is 6.30. The summed E-state index contributed by atoms with van der Waals surface area (Å²) in [4.78, 5) is 0. The van der Waals surface area contributed by atoms with Gasteiger partial charge in [0.05, 0.1) is 0 Å². The third-order valence-corrected chi connectivity index (χ3v) is 2.46. The van der Waals surface area contributed by atoms with Crippen molar-refractivity contribution >= 4 is 11.6 Å². The van der Waals surface area contributed by atoms with E-state index in [1.165, 1.54) is 6.07 Å². The van der Waals surface area contributed by atoms with Crippen LogP contribution in [0.4, 0.5) is 0 Å². The Balaban J connectivity index is 2.08. The van der Waals surface area contributed by atoms with Crippen LogP contribution in [0.15, 0.2) is 18.2 Å². The molecule has 0 aromatic heterocycles. The largest absolute Gasteiger partial charge is 0.504 e. The van der Waals surface area contributed by atoms with E-state index >= 15 is 0 Å². The van der Waals surface area contributed by atoms with Crippen LogP contribution in [0.5, 0.6) is 11.5 Å². The molecule has 1 aromatic carbocycles. The summed E-state index contributed by atoms with van der Waals surface area (Å²) in [6.07, 6.45) is 1.13. The summed E-state index contributed by atoms with van der Waals surface area (Å²) in [5.74, 6) is 0.604. The first-order valence-electron chi connectivity index (χ1n) is 4.61. The second-order valence-corrected chi connectivity index (χ2v) is 3.78. The molecule has 2 rings (SSSR count). The van der Waals surface area contributed by atoms with E-state index in [0.29, 0.717) is 10.8 Å². The Morgan fingerprint density at radius 2 is 2.36 bits per heavy atom. The Labute approximate surface area is 87.6 Å². The van der Waals surface area contributed by atoms with Gasteiger partial charge in [0.25, 0.3) is 0 Å². The number of ether oxygens (including phenoxy) is 1. The van der Waals surface area contributed by atoms with Crippen LogP contribution >= 0.6 is 11.6 Å².